The van der Waals surface area contributed by atoms with E-state index in [4.69, 9.17) is 21.8 Å². The van der Waals surface area contributed by atoms with E-state index >= 15 is 0 Å². The van der Waals surface area contributed by atoms with Crippen molar-refractivity contribution in [2.45, 2.75) is 31.8 Å². The van der Waals surface area contributed by atoms with Crippen LogP contribution in [0, 0.1) is 5.41 Å². The minimum Gasteiger partial charge on any atom is -0.440 e. The topological polar surface area (TPSA) is 72.4 Å². The molecule has 0 spiro atoms. The lowest BCUT2D eigenvalue weighted by Gasteiger charge is -2.30. The second kappa shape index (κ2) is 8.93. The maximum atomic E-state index is 12.5. The van der Waals surface area contributed by atoms with Gasteiger partial charge < -0.3 is 15.1 Å². The second-order valence-corrected chi connectivity index (χ2v) is 8.91. The molecule has 5 nitrogen and oxygen atoms in total. The van der Waals surface area contributed by atoms with Crippen LogP contribution in [0.2, 0.25) is 5.02 Å². The van der Waals surface area contributed by atoms with E-state index in [1.807, 2.05) is 38.2 Å². The first-order valence-corrected chi connectivity index (χ1v) is 9.92. The number of carbonyl (C=O) groups is 1. The molecule has 0 aliphatic rings. The van der Waals surface area contributed by atoms with Crippen LogP contribution < -0.4 is 5.73 Å². The number of benzene rings is 1. The number of oxazole rings is 1. The van der Waals surface area contributed by atoms with Crippen LogP contribution in [0.4, 0.5) is 0 Å². The summed E-state index contributed by atoms with van der Waals surface area (Å²) in [6.07, 6.45) is 1.70. The highest BCUT2D eigenvalue weighted by Gasteiger charge is 2.24. The van der Waals surface area contributed by atoms with Crippen LogP contribution in [0.15, 0.2) is 34.9 Å². The highest BCUT2D eigenvalue weighted by Crippen LogP contribution is 2.25. The third-order valence-electron chi connectivity index (χ3n) is 4.08. The van der Waals surface area contributed by atoms with Gasteiger partial charge in [0.1, 0.15) is 0 Å². The summed E-state index contributed by atoms with van der Waals surface area (Å²) in [7, 11) is 1.82. The maximum Gasteiger partial charge on any atom is 0.235 e. The van der Waals surface area contributed by atoms with Gasteiger partial charge in [0.15, 0.2) is 5.76 Å². The molecule has 1 atom stereocenters. The zero-order valence-corrected chi connectivity index (χ0v) is 17.2. The number of nitrogens with two attached hydrogens (primary N) is 1. The van der Waals surface area contributed by atoms with Crippen LogP contribution in [0.5, 0.6) is 0 Å². The van der Waals surface area contributed by atoms with Gasteiger partial charge in [-0.1, -0.05) is 25.4 Å². The Bertz CT molecular complexity index is 731. The SMILES string of the molecule is CC(SCc1ncc(-c2ccc(Cl)cc2)o1)C(=O)N(C)CC(C)(C)CN. The zero-order valence-electron chi connectivity index (χ0n) is 15.7. The predicted octanol–water partition coefficient (Wildman–Crippen LogP) is 4.06. The molecule has 0 aliphatic heterocycles. The van der Waals surface area contributed by atoms with Crippen LogP contribution >= 0.6 is 23.4 Å². The summed E-state index contributed by atoms with van der Waals surface area (Å²) in [6, 6.07) is 7.40. The van der Waals surface area contributed by atoms with Crippen molar-refractivity contribution in [1.82, 2.24) is 9.88 Å². The Morgan fingerprint density at radius 3 is 2.65 bits per heavy atom. The lowest BCUT2D eigenvalue weighted by molar-refractivity contribution is -0.130. The summed E-state index contributed by atoms with van der Waals surface area (Å²) < 4.78 is 5.78. The van der Waals surface area contributed by atoms with Crippen molar-refractivity contribution in [1.29, 1.82) is 0 Å². The van der Waals surface area contributed by atoms with E-state index in [1.165, 1.54) is 11.8 Å². The summed E-state index contributed by atoms with van der Waals surface area (Å²) in [5, 5.41) is 0.498. The third-order valence-corrected chi connectivity index (χ3v) is 5.45. The number of rotatable bonds is 8. The van der Waals surface area contributed by atoms with Crippen molar-refractivity contribution in [3.8, 4) is 11.3 Å². The highest BCUT2D eigenvalue weighted by molar-refractivity contribution is 7.99. The van der Waals surface area contributed by atoms with Gasteiger partial charge in [0.05, 0.1) is 17.2 Å². The van der Waals surface area contributed by atoms with Crippen LogP contribution in [0.1, 0.15) is 26.7 Å². The first-order valence-electron chi connectivity index (χ1n) is 8.49. The van der Waals surface area contributed by atoms with E-state index in [0.29, 0.717) is 35.5 Å². The molecule has 2 rings (SSSR count). The average Bonchev–Trinajstić information content (AvgIpc) is 3.08. The molecule has 0 fully saturated rings. The molecular weight excluding hydrogens is 370 g/mol. The molecule has 1 aromatic heterocycles. The van der Waals surface area contributed by atoms with Crippen LogP contribution in [0.3, 0.4) is 0 Å². The Kier molecular flexibility index (Phi) is 7.15. The number of nitrogens with zero attached hydrogens (tertiary/aromatic N) is 2. The van der Waals surface area contributed by atoms with E-state index in [1.54, 1.807) is 11.1 Å². The minimum absolute atomic E-state index is 0.0843. The highest BCUT2D eigenvalue weighted by atomic mass is 35.5. The van der Waals surface area contributed by atoms with Crippen LogP contribution in [-0.4, -0.2) is 41.2 Å². The first-order chi connectivity index (χ1) is 12.2. The smallest absolute Gasteiger partial charge is 0.235 e. The largest absolute Gasteiger partial charge is 0.440 e. The average molecular weight is 396 g/mol. The maximum absolute atomic E-state index is 12.5. The number of amides is 1. The minimum atomic E-state index is -0.181. The molecular formula is C19H26ClN3O2S. The zero-order chi connectivity index (χ0) is 19.3. The fourth-order valence-corrected chi connectivity index (χ4v) is 3.46. The first kappa shape index (κ1) is 20.8. The number of carbonyl (C=O) groups excluding carboxylic acids is 1. The quantitative estimate of drug-likeness (QED) is 0.729. The molecule has 2 aromatic rings. The molecule has 1 amide bonds. The van der Waals surface area contributed by atoms with Gasteiger partial charge in [-0.2, -0.15) is 0 Å². The molecule has 0 bridgehead atoms. The van der Waals surface area contributed by atoms with Gasteiger partial charge in [0.25, 0.3) is 0 Å². The van der Waals surface area contributed by atoms with Gasteiger partial charge in [-0.25, -0.2) is 4.98 Å². The van der Waals surface area contributed by atoms with Crippen molar-refractivity contribution >= 4 is 29.3 Å². The number of hydrogen-bond acceptors (Lipinski definition) is 5. The molecule has 1 heterocycles. The molecule has 26 heavy (non-hydrogen) atoms. The fourth-order valence-electron chi connectivity index (χ4n) is 2.49. The lowest BCUT2D eigenvalue weighted by atomic mass is 9.93. The predicted molar refractivity (Wildman–Crippen MR) is 108 cm³/mol. The van der Waals surface area contributed by atoms with Gasteiger partial charge in [-0.15, -0.1) is 11.8 Å². The Hall–Kier alpha value is -1.50. The number of aromatic nitrogens is 1. The van der Waals surface area contributed by atoms with Crippen LogP contribution in [-0.2, 0) is 10.5 Å². The van der Waals surface area contributed by atoms with Crippen LogP contribution in [0.25, 0.3) is 11.3 Å². The number of halogens is 1. The molecule has 0 saturated carbocycles. The van der Waals surface area contributed by atoms with Crippen molar-refractivity contribution in [2.24, 2.45) is 11.1 Å². The monoisotopic (exact) mass is 395 g/mol. The molecule has 2 N–H and O–H groups in total. The van der Waals surface area contributed by atoms with Gasteiger partial charge >= 0.3 is 0 Å². The number of thioether (sulfide) groups is 1. The van der Waals surface area contributed by atoms with Crippen molar-refractivity contribution in [2.75, 3.05) is 20.1 Å². The van der Waals surface area contributed by atoms with Crippen molar-refractivity contribution in [3.63, 3.8) is 0 Å². The lowest BCUT2D eigenvalue weighted by Crippen LogP contribution is -2.42. The molecule has 0 radical (unpaired) electrons. The Labute approximate surface area is 164 Å². The van der Waals surface area contributed by atoms with Gasteiger partial charge in [-0.05, 0) is 43.1 Å². The van der Waals surface area contributed by atoms with Crippen molar-refractivity contribution in [3.05, 3.63) is 41.4 Å². The Morgan fingerprint density at radius 2 is 2.04 bits per heavy atom. The Morgan fingerprint density at radius 1 is 1.38 bits per heavy atom. The third kappa shape index (κ3) is 5.76. The second-order valence-electron chi connectivity index (χ2n) is 7.14. The molecule has 0 saturated heterocycles. The number of hydrogen-bond donors (Lipinski definition) is 1. The summed E-state index contributed by atoms with van der Waals surface area (Å²) in [6.45, 7) is 7.18. The Balaban J connectivity index is 1.90. The molecule has 1 unspecified atom stereocenters. The molecule has 1 aromatic carbocycles. The van der Waals surface area contributed by atoms with Gasteiger partial charge in [0.2, 0.25) is 11.8 Å². The molecule has 142 valence electrons. The summed E-state index contributed by atoms with van der Waals surface area (Å²) in [5.74, 6) is 1.91. The summed E-state index contributed by atoms with van der Waals surface area (Å²) in [5.41, 5.74) is 6.58. The van der Waals surface area contributed by atoms with E-state index in [9.17, 15) is 4.79 Å². The van der Waals surface area contributed by atoms with Gasteiger partial charge in [-0.3, -0.25) is 4.79 Å². The van der Waals surface area contributed by atoms with Gasteiger partial charge in [0, 0.05) is 24.2 Å². The summed E-state index contributed by atoms with van der Waals surface area (Å²) >= 11 is 7.41. The van der Waals surface area contributed by atoms with E-state index in [-0.39, 0.29) is 16.6 Å². The molecule has 7 heteroatoms. The van der Waals surface area contributed by atoms with Crippen molar-refractivity contribution < 1.29 is 9.21 Å². The molecule has 0 aliphatic carbocycles. The van der Waals surface area contributed by atoms with E-state index in [0.717, 1.165) is 5.56 Å². The van der Waals surface area contributed by atoms with E-state index < -0.39 is 0 Å². The summed E-state index contributed by atoms with van der Waals surface area (Å²) in [4.78, 5) is 18.6. The van der Waals surface area contributed by atoms with E-state index in [2.05, 4.69) is 18.8 Å². The standard InChI is InChI=1S/C19H26ClN3O2S/c1-13(18(24)23(4)12-19(2,3)11-21)26-10-17-22-9-16(25-17)14-5-7-15(20)8-6-14/h5-9,13H,10-12,21H2,1-4H3. The normalized spacial score (nSPS) is 12.8. The fraction of sp³-hybridized carbons (Fsp3) is 0.474.